The average Bonchev–Trinajstić information content (AvgIpc) is 3.24. The second-order valence-corrected chi connectivity index (χ2v) is 6.52. The van der Waals surface area contributed by atoms with Gasteiger partial charge in [-0.05, 0) is 31.2 Å². The fourth-order valence-corrected chi connectivity index (χ4v) is 3.69. The van der Waals surface area contributed by atoms with Gasteiger partial charge in [0.15, 0.2) is 0 Å². The van der Waals surface area contributed by atoms with Crippen molar-refractivity contribution in [2.75, 3.05) is 11.1 Å². The summed E-state index contributed by atoms with van der Waals surface area (Å²) in [5, 5.41) is 4.48. The highest BCUT2D eigenvalue weighted by Gasteiger charge is 2.32. The van der Waals surface area contributed by atoms with Crippen LogP contribution in [0.4, 0.5) is 10.7 Å². The van der Waals surface area contributed by atoms with Gasteiger partial charge in [0.25, 0.3) is 5.91 Å². The molecular weight excluding hydrogens is 282 g/mol. The van der Waals surface area contributed by atoms with Crippen LogP contribution in [0.2, 0.25) is 0 Å². The number of nitrogens with one attached hydrogen (secondary N) is 1. The summed E-state index contributed by atoms with van der Waals surface area (Å²) < 4.78 is 0. The van der Waals surface area contributed by atoms with Gasteiger partial charge in [-0.15, -0.1) is 11.3 Å². The summed E-state index contributed by atoms with van der Waals surface area (Å²) in [4.78, 5) is 12.0. The van der Waals surface area contributed by atoms with E-state index in [0.29, 0.717) is 16.5 Å². The molecule has 1 aliphatic rings. The Morgan fingerprint density at radius 3 is 2.57 bits per heavy atom. The summed E-state index contributed by atoms with van der Waals surface area (Å²) in [7, 11) is 0. The number of rotatable bonds is 5. The summed E-state index contributed by atoms with van der Waals surface area (Å²) in [6.07, 6.45) is 2.26. The SMILES string of the molecule is CC(Nc1sc(C(N)=O)c(N)c1C1CC1)c1ccccc1. The second kappa shape index (κ2) is 5.41. The van der Waals surface area contributed by atoms with Gasteiger partial charge in [-0.2, -0.15) is 0 Å². The quantitative estimate of drug-likeness (QED) is 0.791. The van der Waals surface area contributed by atoms with Crippen LogP contribution in [0.25, 0.3) is 0 Å². The standard InChI is InChI=1S/C16H19N3OS/c1-9(10-5-3-2-4-6-10)19-16-12(11-7-8-11)13(17)14(21-16)15(18)20/h2-6,9,11,19H,7-8,17H2,1H3,(H2,18,20). The lowest BCUT2D eigenvalue weighted by atomic mass is 10.1. The van der Waals surface area contributed by atoms with E-state index in [4.69, 9.17) is 11.5 Å². The number of nitrogens with two attached hydrogens (primary N) is 2. The minimum atomic E-state index is -0.445. The zero-order valence-corrected chi connectivity index (χ0v) is 12.7. The zero-order chi connectivity index (χ0) is 15.0. The maximum atomic E-state index is 11.5. The number of hydrogen-bond donors (Lipinski definition) is 3. The number of benzene rings is 1. The summed E-state index contributed by atoms with van der Waals surface area (Å²) in [6, 6.07) is 10.4. The molecule has 2 aromatic rings. The van der Waals surface area contributed by atoms with Crippen molar-refractivity contribution >= 4 is 27.9 Å². The molecule has 1 fully saturated rings. The number of anilines is 2. The van der Waals surface area contributed by atoms with Crippen LogP contribution < -0.4 is 16.8 Å². The third-order valence-corrected chi connectivity index (χ3v) is 5.01. The molecule has 0 saturated heterocycles. The Bertz CT molecular complexity index is 662. The number of hydrogen-bond acceptors (Lipinski definition) is 4. The fraction of sp³-hybridized carbons (Fsp3) is 0.312. The minimum Gasteiger partial charge on any atom is -0.397 e. The van der Waals surface area contributed by atoms with Gasteiger partial charge in [-0.25, -0.2) is 0 Å². The van der Waals surface area contributed by atoms with Crippen LogP contribution in [0.3, 0.4) is 0 Å². The van der Waals surface area contributed by atoms with E-state index in [2.05, 4.69) is 24.4 Å². The molecule has 1 atom stereocenters. The molecule has 3 rings (SSSR count). The fourth-order valence-electron chi connectivity index (χ4n) is 2.55. The van der Waals surface area contributed by atoms with Crippen LogP contribution in [0, 0.1) is 0 Å². The van der Waals surface area contributed by atoms with Crippen molar-refractivity contribution in [3.63, 3.8) is 0 Å². The Morgan fingerprint density at radius 2 is 2.00 bits per heavy atom. The number of carbonyl (C=O) groups is 1. The molecule has 1 heterocycles. The first-order valence-electron chi connectivity index (χ1n) is 7.11. The number of nitrogen functional groups attached to an aromatic ring is 1. The van der Waals surface area contributed by atoms with E-state index in [1.807, 2.05) is 18.2 Å². The molecule has 1 aromatic heterocycles. The van der Waals surface area contributed by atoms with Crippen molar-refractivity contribution in [2.45, 2.75) is 31.7 Å². The average molecular weight is 301 g/mol. The van der Waals surface area contributed by atoms with Gasteiger partial charge in [-0.1, -0.05) is 30.3 Å². The van der Waals surface area contributed by atoms with Gasteiger partial charge in [-0.3, -0.25) is 4.79 Å². The van der Waals surface area contributed by atoms with Gasteiger partial charge >= 0.3 is 0 Å². The zero-order valence-electron chi connectivity index (χ0n) is 11.9. The lowest BCUT2D eigenvalue weighted by Crippen LogP contribution is -2.11. The molecule has 21 heavy (non-hydrogen) atoms. The molecule has 1 amide bonds. The third kappa shape index (κ3) is 2.74. The van der Waals surface area contributed by atoms with Gasteiger partial charge in [0.2, 0.25) is 0 Å². The van der Waals surface area contributed by atoms with Gasteiger partial charge in [0, 0.05) is 11.6 Å². The largest absolute Gasteiger partial charge is 0.397 e. The highest BCUT2D eigenvalue weighted by molar-refractivity contribution is 7.18. The van der Waals surface area contributed by atoms with Crippen molar-refractivity contribution in [1.29, 1.82) is 0 Å². The molecule has 0 bridgehead atoms. The number of amides is 1. The third-order valence-electron chi connectivity index (χ3n) is 3.84. The minimum absolute atomic E-state index is 0.155. The predicted octanol–water partition coefficient (Wildman–Crippen LogP) is 3.48. The molecule has 4 nitrogen and oxygen atoms in total. The smallest absolute Gasteiger partial charge is 0.260 e. The van der Waals surface area contributed by atoms with Gasteiger partial charge in [0.05, 0.1) is 10.7 Å². The number of thiophene rings is 1. The molecule has 1 aliphatic carbocycles. The summed E-state index contributed by atoms with van der Waals surface area (Å²) in [6.45, 7) is 2.10. The molecular formula is C16H19N3OS. The van der Waals surface area contributed by atoms with E-state index in [0.717, 1.165) is 23.4 Å². The van der Waals surface area contributed by atoms with Gasteiger partial charge < -0.3 is 16.8 Å². The molecule has 1 aromatic carbocycles. The highest BCUT2D eigenvalue weighted by atomic mass is 32.1. The van der Waals surface area contributed by atoms with Gasteiger partial charge in [0.1, 0.15) is 4.88 Å². The molecule has 5 N–H and O–H groups in total. The Balaban J connectivity index is 1.91. The molecule has 1 saturated carbocycles. The molecule has 0 radical (unpaired) electrons. The van der Waals surface area contributed by atoms with Crippen LogP contribution in [0.1, 0.15) is 52.5 Å². The molecule has 110 valence electrons. The number of carbonyl (C=O) groups excluding carboxylic acids is 1. The Labute approximate surface area is 128 Å². The van der Waals surface area contributed by atoms with Crippen LogP contribution in [0.5, 0.6) is 0 Å². The van der Waals surface area contributed by atoms with E-state index in [1.54, 1.807) is 0 Å². The van der Waals surface area contributed by atoms with E-state index in [-0.39, 0.29) is 6.04 Å². The van der Waals surface area contributed by atoms with E-state index in [1.165, 1.54) is 16.9 Å². The predicted molar refractivity (Wildman–Crippen MR) is 87.7 cm³/mol. The van der Waals surface area contributed by atoms with Crippen LogP contribution in [-0.2, 0) is 0 Å². The van der Waals surface area contributed by atoms with Crippen molar-refractivity contribution in [1.82, 2.24) is 0 Å². The summed E-state index contributed by atoms with van der Waals surface area (Å²) >= 11 is 1.37. The monoisotopic (exact) mass is 301 g/mol. The van der Waals surface area contributed by atoms with E-state index in [9.17, 15) is 4.79 Å². The molecule has 0 spiro atoms. The summed E-state index contributed by atoms with van der Waals surface area (Å²) in [5.41, 5.74) is 14.4. The first-order chi connectivity index (χ1) is 10.1. The Hall–Kier alpha value is -2.01. The van der Waals surface area contributed by atoms with Crippen molar-refractivity contribution in [2.24, 2.45) is 5.73 Å². The Kier molecular flexibility index (Phi) is 3.59. The maximum absolute atomic E-state index is 11.5. The normalized spacial score (nSPS) is 15.7. The summed E-state index contributed by atoms with van der Waals surface area (Å²) in [5.74, 6) is 0.0274. The van der Waals surface area contributed by atoms with Crippen molar-refractivity contribution < 1.29 is 4.79 Å². The topological polar surface area (TPSA) is 81.1 Å². The Morgan fingerprint density at radius 1 is 1.33 bits per heavy atom. The van der Waals surface area contributed by atoms with E-state index >= 15 is 0 Å². The number of primary amides is 1. The van der Waals surface area contributed by atoms with Crippen molar-refractivity contribution in [3.05, 3.63) is 46.3 Å². The lowest BCUT2D eigenvalue weighted by molar-refractivity contribution is 0.100. The molecule has 5 heteroatoms. The first-order valence-corrected chi connectivity index (χ1v) is 7.93. The van der Waals surface area contributed by atoms with Crippen LogP contribution in [0.15, 0.2) is 30.3 Å². The van der Waals surface area contributed by atoms with Crippen molar-refractivity contribution in [3.8, 4) is 0 Å². The second-order valence-electron chi connectivity index (χ2n) is 5.50. The van der Waals surface area contributed by atoms with Crippen LogP contribution in [-0.4, -0.2) is 5.91 Å². The maximum Gasteiger partial charge on any atom is 0.260 e. The highest BCUT2D eigenvalue weighted by Crippen LogP contribution is 2.51. The van der Waals surface area contributed by atoms with E-state index < -0.39 is 5.91 Å². The lowest BCUT2D eigenvalue weighted by Gasteiger charge is -2.15. The molecule has 0 aliphatic heterocycles. The first kappa shape index (κ1) is 13.9. The molecule has 1 unspecified atom stereocenters. The van der Waals surface area contributed by atoms with Crippen LogP contribution >= 0.6 is 11.3 Å².